The number of piperazine rings is 1. The molecule has 1 N–H and O–H groups in total. The van der Waals surface area contributed by atoms with Gasteiger partial charge in [-0.1, -0.05) is 0 Å². The number of hydrogen-bond donors (Lipinski definition) is 1. The van der Waals surface area contributed by atoms with Gasteiger partial charge in [0.15, 0.2) is 24.7 Å². The number of carbonyl (C=O) groups excluding carboxylic acids is 4. The molecular weight excluding hydrogens is 440 g/mol. The van der Waals surface area contributed by atoms with E-state index in [0.29, 0.717) is 37.8 Å². The minimum absolute atomic E-state index is 0.165. The first-order valence-corrected chi connectivity index (χ1v) is 11.5. The van der Waals surface area contributed by atoms with E-state index in [-0.39, 0.29) is 18.4 Å². The van der Waals surface area contributed by atoms with E-state index < -0.39 is 30.3 Å². The Bertz CT molecular complexity index is 1110. The van der Waals surface area contributed by atoms with Crippen LogP contribution in [0.1, 0.15) is 18.6 Å². The molecule has 5 rings (SSSR count). The predicted octanol–water partition coefficient (Wildman–Crippen LogP) is 0.0375. The van der Waals surface area contributed by atoms with Crippen molar-refractivity contribution in [1.29, 1.82) is 0 Å². The highest BCUT2D eigenvalue weighted by Gasteiger charge is 2.49. The van der Waals surface area contributed by atoms with Crippen molar-refractivity contribution in [3.8, 4) is 0 Å². The maximum absolute atomic E-state index is 13.5. The second-order valence-corrected chi connectivity index (χ2v) is 8.87. The van der Waals surface area contributed by atoms with Crippen LogP contribution in [0.15, 0.2) is 40.1 Å². The van der Waals surface area contributed by atoms with E-state index in [9.17, 15) is 19.2 Å². The fraction of sp³-hybridized carbons (Fsp3) is 0.478. The first-order chi connectivity index (χ1) is 16.4. The van der Waals surface area contributed by atoms with Crippen molar-refractivity contribution in [2.45, 2.75) is 19.4 Å². The zero-order valence-corrected chi connectivity index (χ0v) is 19.0. The smallest absolute Gasteiger partial charge is 0.332 e. The van der Waals surface area contributed by atoms with Crippen molar-refractivity contribution in [3.63, 3.8) is 0 Å². The summed E-state index contributed by atoms with van der Waals surface area (Å²) in [4.78, 5) is 59.7. The molecule has 5 amide bonds. The van der Waals surface area contributed by atoms with Gasteiger partial charge in [0.25, 0.3) is 5.91 Å². The summed E-state index contributed by atoms with van der Waals surface area (Å²) in [7, 11) is 1.55. The van der Waals surface area contributed by atoms with Crippen molar-refractivity contribution < 1.29 is 28.2 Å². The molecule has 4 heterocycles. The van der Waals surface area contributed by atoms with E-state index in [1.165, 1.54) is 11.2 Å². The molecule has 2 saturated heterocycles. The molecule has 0 aromatic carbocycles. The number of carbonyl (C=O) groups is 4. The van der Waals surface area contributed by atoms with Gasteiger partial charge in [0, 0.05) is 25.2 Å². The van der Waals surface area contributed by atoms with Crippen LogP contribution in [-0.4, -0.2) is 94.3 Å². The summed E-state index contributed by atoms with van der Waals surface area (Å²) in [6.45, 7) is 2.14. The lowest BCUT2D eigenvalue weighted by molar-refractivity contribution is -0.539. The highest BCUT2D eigenvalue weighted by Crippen LogP contribution is 2.31. The fourth-order valence-electron chi connectivity index (χ4n) is 4.54. The summed E-state index contributed by atoms with van der Waals surface area (Å²) < 4.78 is 7.27. The highest BCUT2D eigenvalue weighted by molar-refractivity contribution is 6.31. The average Bonchev–Trinajstić information content (AvgIpc) is 3.58. The van der Waals surface area contributed by atoms with E-state index in [1.807, 2.05) is 4.90 Å². The van der Waals surface area contributed by atoms with Crippen LogP contribution in [0.4, 0.5) is 4.79 Å². The lowest BCUT2D eigenvalue weighted by Crippen LogP contribution is -2.63. The Morgan fingerprint density at radius 2 is 2.00 bits per heavy atom. The zero-order chi connectivity index (χ0) is 23.8. The molecule has 1 aliphatic carbocycles. The van der Waals surface area contributed by atoms with Crippen LogP contribution in [0.5, 0.6) is 0 Å². The molecular formula is C23H27N6O5+. The van der Waals surface area contributed by atoms with Gasteiger partial charge in [-0.25, -0.2) is 14.4 Å². The van der Waals surface area contributed by atoms with E-state index >= 15 is 0 Å². The Balaban J connectivity index is 1.31. The van der Waals surface area contributed by atoms with Crippen LogP contribution >= 0.6 is 0 Å². The van der Waals surface area contributed by atoms with Gasteiger partial charge < -0.3 is 14.6 Å². The SMILES string of the molecule is CN1C(=O)N(CC(=O)NCc2ccco2)C(=O)C2C1=NC=CC2=[N+]1CCN(C(=O)C2CC2)CC1. The number of amidine groups is 1. The molecule has 1 atom stereocenters. The third kappa shape index (κ3) is 4.13. The maximum Gasteiger partial charge on any atom is 0.332 e. The van der Waals surface area contributed by atoms with Gasteiger partial charge in [0.1, 0.15) is 18.1 Å². The highest BCUT2D eigenvalue weighted by atomic mass is 16.3. The molecule has 178 valence electrons. The predicted molar refractivity (Wildman–Crippen MR) is 120 cm³/mol. The molecule has 0 radical (unpaired) electrons. The first kappa shape index (κ1) is 22.1. The Morgan fingerprint density at radius 1 is 1.24 bits per heavy atom. The molecule has 1 aromatic rings. The molecule has 3 aliphatic heterocycles. The van der Waals surface area contributed by atoms with Gasteiger partial charge in [-0.05, 0) is 25.0 Å². The van der Waals surface area contributed by atoms with Crippen LogP contribution < -0.4 is 5.32 Å². The van der Waals surface area contributed by atoms with Crippen molar-refractivity contribution >= 4 is 35.3 Å². The van der Waals surface area contributed by atoms with Crippen LogP contribution in [0.2, 0.25) is 0 Å². The molecule has 11 heteroatoms. The Labute approximate surface area is 196 Å². The first-order valence-electron chi connectivity index (χ1n) is 11.5. The van der Waals surface area contributed by atoms with E-state index in [0.717, 1.165) is 23.5 Å². The van der Waals surface area contributed by atoms with E-state index in [2.05, 4.69) is 14.9 Å². The number of nitrogens with zero attached hydrogens (tertiary/aromatic N) is 5. The monoisotopic (exact) mass is 467 g/mol. The summed E-state index contributed by atoms with van der Waals surface area (Å²) in [6.07, 6.45) is 6.82. The number of fused-ring (bicyclic) bond motifs is 1. The van der Waals surface area contributed by atoms with E-state index in [1.54, 1.807) is 31.5 Å². The topological polar surface area (TPSA) is 119 Å². The number of rotatable bonds is 5. The summed E-state index contributed by atoms with van der Waals surface area (Å²) in [5.41, 5.74) is 0.730. The Kier molecular flexibility index (Phi) is 5.76. The molecule has 3 fully saturated rings. The molecule has 11 nitrogen and oxygen atoms in total. The standard InChI is InChI=1S/C23H26N6O5/c1-26-20-19(22(32)29(23(26)33)14-18(30)25-13-16-3-2-12-34-16)17(6-7-24-20)27-8-10-28(11-9-27)21(31)15-4-5-15/h2-3,6-7,12,15,19H,4-5,8-11,13-14H2,1H3/p+1. The van der Waals surface area contributed by atoms with Crippen LogP contribution in [0.3, 0.4) is 0 Å². The number of amides is 5. The number of urea groups is 1. The van der Waals surface area contributed by atoms with E-state index in [4.69, 9.17) is 4.42 Å². The van der Waals surface area contributed by atoms with Crippen molar-refractivity contribution in [3.05, 3.63) is 36.4 Å². The molecule has 1 unspecified atom stereocenters. The molecule has 1 aromatic heterocycles. The van der Waals surface area contributed by atoms with Crippen molar-refractivity contribution in [2.24, 2.45) is 16.8 Å². The maximum atomic E-state index is 13.5. The normalized spacial score (nSPS) is 22.7. The number of hydrogen-bond acceptors (Lipinski definition) is 6. The van der Waals surface area contributed by atoms with Gasteiger partial charge in [-0.15, -0.1) is 0 Å². The Morgan fingerprint density at radius 3 is 2.68 bits per heavy atom. The molecule has 1 saturated carbocycles. The minimum Gasteiger partial charge on any atom is -0.467 e. The molecule has 4 aliphatic rings. The summed E-state index contributed by atoms with van der Waals surface area (Å²) in [6, 6.07) is 2.84. The third-order valence-corrected chi connectivity index (χ3v) is 6.61. The van der Waals surface area contributed by atoms with Gasteiger partial charge >= 0.3 is 6.03 Å². The number of allylic oxidation sites excluding steroid dienone is 1. The second kappa shape index (κ2) is 8.88. The summed E-state index contributed by atoms with van der Waals surface area (Å²) >= 11 is 0. The lowest BCUT2D eigenvalue weighted by Gasteiger charge is -2.37. The van der Waals surface area contributed by atoms with Gasteiger partial charge in [0.2, 0.25) is 11.8 Å². The molecule has 0 bridgehead atoms. The zero-order valence-electron chi connectivity index (χ0n) is 19.0. The third-order valence-electron chi connectivity index (χ3n) is 6.61. The largest absolute Gasteiger partial charge is 0.467 e. The quantitative estimate of drug-likeness (QED) is 0.614. The fourth-order valence-corrected chi connectivity index (χ4v) is 4.54. The van der Waals surface area contributed by atoms with Gasteiger partial charge in [-0.2, -0.15) is 0 Å². The summed E-state index contributed by atoms with van der Waals surface area (Å²) in [5.74, 6) is -0.412. The van der Waals surface area contributed by atoms with Crippen LogP contribution in [-0.2, 0) is 20.9 Å². The molecule has 34 heavy (non-hydrogen) atoms. The lowest BCUT2D eigenvalue weighted by atomic mass is 9.94. The molecule has 0 spiro atoms. The number of aliphatic imine (C=N–C) groups is 1. The minimum atomic E-state index is -0.781. The Hall–Kier alpha value is -3.76. The number of nitrogens with one attached hydrogen (secondary N) is 1. The second-order valence-electron chi connectivity index (χ2n) is 8.87. The van der Waals surface area contributed by atoms with Gasteiger partial charge in [0.05, 0.1) is 25.9 Å². The number of imide groups is 1. The van der Waals surface area contributed by atoms with Crippen molar-refractivity contribution in [1.82, 2.24) is 20.0 Å². The van der Waals surface area contributed by atoms with Gasteiger partial charge in [-0.3, -0.25) is 24.2 Å². The van der Waals surface area contributed by atoms with Crippen molar-refractivity contribution in [2.75, 3.05) is 39.8 Å². The average molecular weight is 468 g/mol. The summed E-state index contributed by atoms with van der Waals surface area (Å²) in [5, 5.41) is 2.67. The van der Waals surface area contributed by atoms with Crippen LogP contribution in [0.25, 0.3) is 0 Å². The van der Waals surface area contributed by atoms with Crippen LogP contribution in [0, 0.1) is 11.8 Å². The number of furan rings is 1.